The van der Waals surface area contributed by atoms with Crippen LogP contribution in [-0.4, -0.2) is 27.0 Å². The van der Waals surface area contributed by atoms with E-state index in [0.717, 1.165) is 4.90 Å². The summed E-state index contributed by atoms with van der Waals surface area (Å²) in [6.45, 7) is 0.192. The fraction of sp³-hybridized carbons (Fsp3) is 0.0909. The number of fused-ring (bicyclic) bond motifs is 1. The van der Waals surface area contributed by atoms with E-state index in [1.165, 1.54) is 24.7 Å². The number of carbonyl (C=O) groups excluding carboxylic acids is 2. The fourth-order valence-corrected chi connectivity index (χ4v) is 1.93. The maximum Gasteiger partial charge on any atom is 0.268 e. The molecule has 0 bridgehead atoms. The SMILES string of the molecule is NCc1cn[nH]c1N1C(=O)c2ccncc2C1=O. The van der Waals surface area contributed by atoms with Crippen molar-refractivity contribution in [1.82, 2.24) is 15.2 Å². The van der Waals surface area contributed by atoms with Crippen molar-refractivity contribution in [2.45, 2.75) is 6.54 Å². The number of hydrogen-bond donors (Lipinski definition) is 2. The summed E-state index contributed by atoms with van der Waals surface area (Å²) in [7, 11) is 0. The molecule has 0 saturated carbocycles. The monoisotopic (exact) mass is 243 g/mol. The number of rotatable bonds is 2. The second-order valence-corrected chi connectivity index (χ2v) is 3.81. The third-order valence-electron chi connectivity index (χ3n) is 2.83. The van der Waals surface area contributed by atoms with Crippen molar-refractivity contribution in [3.8, 4) is 0 Å². The molecule has 0 aromatic carbocycles. The standard InChI is InChI=1S/C11H9N5O2/c12-3-6-4-14-15-9(6)16-10(17)7-1-2-13-5-8(7)11(16)18/h1-2,4-5H,3,12H2,(H,14,15). The molecule has 0 aliphatic carbocycles. The number of imide groups is 1. The number of aromatic amines is 1. The van der Waals surface area contributed by atoms with Crippen LogP contribution >= 0.6 is 0 Å². The number of pyridine rings is 1. The number of anilines is 1. The highest BCUT2D eigenvalue weighted by Crippen LogP contribution is 2.28. The summed E-state index contributed by atoms with van der Waals surface area (Å²) < 4.78 is 0. The van der Waals surface area contributed by atoms with Crippen LogP contribution in [-0.2, 0) is 6.54 Å². The van der Waals surface area contributed by atoms with Gasteiger partial charge in [0.2, 0.25) is 0 Å². The van der Waals surface area contributed by atoms with Crippen molar-refractivity contribution < 1.29 is 9.59 Å². The van der Waals surface area contributed by atoms with Crippen molar-refractivity contribution in [1.29, 1.82) is 0 Å². The molecule has 1 aliphatic heterocycles. The van der Waals surface area contributed by atoms with E-state index in [9.17, 15) is 9.59 Å². The van der Waals surface area contributed by atoms with Gasteiger partial charge in [0, 0.05) is 24.5 Å². The van der Waals surface area contributed by atoms with Crippen LogP contribution in [0.1, 0.15) is 26.3 Å². The highest BCUT2D eigenvalue weighted by molar-refractivity contribution is 6.34. The number of hydrogen-bond acceptors (Lipinski definition) is 5. The first kappa shape index (κ1) is 10.6. The smallest absolute Gasteiger partial charge is 0.268 e. The molecule has 90 valence electrons. The van der Waals surface area contributed by atoms with E-state index in [1.54, 1.807) is 0 Å². The zero-order valence-corrected chi connectivity index (χ0v) is 9.25. The molecule has 2 aromatic heterocycles. The normalized spacial score (nSPS) is 14.2. The number of carbonyl (C=O) groups is 2. The predicted molar refractivity (Wildman–Crippen MR) is 61.9 cm³/mol. The lowest BCUT2D eigenvalue weighted by Crippen LogP contribution is -2.30. The molecule has 7 nitrogen and oxygen atoms in total. The Labute approximate surface area is 102 Å². The number of H-pyrrole nitrogens is 1. The van der Waals surface area contributed by atoms with E-state index in [2.05, 4.69) is 15.2 Å². The summed E-state index contributed by atoms with van der Waals surface area (Å²) in [5.74, 6) is -0.484. The second kappa shape index (κ2) is 3.74. The molecular weight excluding hydrogens is 234 g/mol. The van der Waals surface area contributed by atoms with Gasteiger partial charge in [-0.15, -0.1) is 0 Å². The zero-order valence-electron chi connectivity index (χ0n) is 9.25. The average molecular weight is 243 g/mol. The Bertz CT molecular complexity index is 613. The van der Waals surface area contributed by atoms with Crippen LogP contribution in [0, 0.1) is 0 Å². The van der Waals surface area contributed by atoms with E-state index < -0.39 is 11.8 Å². The maximum atomic E-state index is 12.2. The summed E-state index contributed by atoms with van der Waals surface area (Å²) in [5, 5.41) is 6.43. The number of nitrogens with one attached hydrogen (secondary N) is 1. The van der Waals surface area contributed by atoms with E-state index >= 15 is 0 Å². The van der Waals surface area contributed by atoms with Crippen molar-refractivity contribution in [3.63, 3.8) is 0 Å². The number of aromatic nitrogens is 3. The molecule has 2 amide bonds. The van der Waals surface area contributed by atoms with Gasteiger partial charge in [0.15, 0.2) is 0 Å². The Hall–Kier alpha value is -2.54. The highest BCUT2D eigenvalue weighted by atomic mass is 16.2. The Morgan fingerprint density at radius 3 is 2.72 bits per heavy atom. The minimum Gasteiger partial charge on any atom is -0.326 e. The third kappa shape index (κ3) is 1.28. The lowest BCUT2D eigenvalue weighted by Gasteiger charge is -2.12. The van der Waals surface area contributed by atoms with Crippen LogP contribution in [0.15, 0.2) is 24.7 Å². The Kier molecular flexibility index (Phi) is 2.20. The largest absolute Gasteiger partial charge is 0.326 e. The topological polar surface area (TPSA) is 105 Å². The average Bonchev–Trinajstić information content (AvgIpc) is 2.95. The Morgan fingerprint density at radius 1 is 1.22 bits per heavy atom. The van der Waals surface area contributed by atoms with Gasteiger partial charge in [-0.25, -0.2) is 4.90 Å². The first-order chi connectivity index (χ1) is 8.74. The number of amides is 2. The molecular formula is C11H9N5O2. The molecule has 0 unspecified atom stereocenters. The van der Waals surface area contributed by atoms with Crippen LogP contribution in [0.5, 0.6) is 0 Å². The van der Waals surface area contributed by atoms with Crippen molar-refractivity contribution in [3.05, 3.63) is 41.3 Å². The van der Waals surface area contributed by atoms with E-state index in [1.807, 2.05) is 0 Å². The second-order valence-electron chi connectivity index (χ2n) is 3.81. The first-order valence-electron chi connectivity index (χ1n) is 5.29. The predicted octanol–water partition coefficient (Wildman–Crippen LogP) is 0.0640. The molecule has 18 heavy (non-hydrogen) atoms. The minimum absolute atomic E-state index is 0.192. The van der Waals surface area contributed by atoms with Crippen molar-refractivity contribution in [2.24, 2.45) is 5.73 Å². The van der Waals surface area contributed by atoms with Crippen LogP contribution in [0.3, 0.4) is 0 Å². The lowest BCUT2D eigenvalue weighted by molar-refractivity contribution is 0.0924. The zero-order chi connectivity index (χ0) is 12.7. The van der Waals surface area contributed by atoms with Crippen molar-refractivity contribution >= 4 is 17.6 Å². The lowest BCUT2D eigenvalue weighted by atomic mass is 10.2. The minimum atomic E-state index is -0.415. The number of nitrogens with zero attached hydrogens (tertiary/aromatic N) is 3. The van der Waals surface area contributed by atoms with Gasteiger partial charge in [0.25, 0.3) is 11.8 Å². The first-order valence-corrected chi connectivity index (χ1v) is 5.29. The summed E-state index contributed by atoms with van der Waals surface area (Å²) in [4.78, 5) is 29.2. The molecule has 7 heteroatoms. The van der Waals surface area contributed by atoms with Gasteiger partial charge in [-0.1, -0.05) is 0 Å². The van der Waals surface area contributed by atoms with E-state index in [4.69, 9.17) is 5.73 Å². The van der Waals surface area contributed by atoms with Crippen molar-refractivity contribution in [2.75, 3.05) is 4.90 Å². The maximum absolute atomic E-state index is 12.2. The van der Waals surface area contributed by atoms with Gasteiger partial charge < -0.3 is 5.73 Å². The van der Waals surface area contributed by atoms with E-state index in [0.29, 0.717) is 22.5 Å². The van der Waals surface area contributed by atoms with Gasteiger partial charge in [0.05, 0.1) is 17.3 Å². The third-order valence-corrected chi connectivity index (χ3v) is 2.83. The molecule has 3 heterocycles. The quantitative estimate of drug-likeness (QED) is 0.726. The molecule has 1 aliphatic rings. The van der Waals surface area contributed by atoms with Crippen LogP contribution in [0.2, 0.25) is 0 Å². The molecule has 0 atom stereocenters. The molecule has 0 fully saturated rings. The van der Waals surface area contributed by atoms with Gasteiger partial charge in [-0.3, -0.25) is 19.7 Å². The van der Waals surface area contributed by atoms with Gasteiger partial charge in [-0.05, 0) is 6.07 Å². The number of nitrogens with two attached hydrogens (primary N) is 1. The molecule has 0 spiro atoms. The highest BCUT2D eigenvalue weighted by Gasteiger charge is 2.38. The van der Waals surface area contributed by atoms with E-state index in [-0.39, 0.29) is 6.54 Å². The summed E-state index contributed by atoms with van der Waals surface area (Å²) >= 11 is 0. The van der Waals surface area contributed by atoms with Gasteiger partial charge in [0.1, 0.15) is 5.82 Å². The van der Waals surface area contributed by atoms with Gasteiger partial charge >= 0.3 is 0 Å². The summed E-state index contributed by atoms with van der Waals surface area (Å²) in [5.41, 5.74) is 6.78. The molecule has 3 rings (SSSR count). The van der Waals surface area contributed by atoms with Crippen LogP contribution < -0.4 is 10.6 Å². The molecule has 0 saturated heterocycles. The Morgan fingerprint density at radius 2 is 2.00 bits per heavy atom. The molecule has 3 N–H and O–H groups in total. The molecule has 2 aromatic rings. The van der Waals surface area contributed by atoms with Gasteiger partial charge in [-0.2, -0.15) is 5.10 Å². The molecule has 0 radical (unpaired) electrons. The summed E-state index contributed by atoms with van der Waals surface area (Å²) in [6, 6.07) is 1.52. The summed E-state index contributed by atoms with van der Waals surface area (Å²) in [6.07, 6.45) is 4.36. The van der Waals surface area contributed by atoms with Crippen LogP contribution in [0.25, 0.3) is 0 Å². The fourth-order valence-electron chi connectivity index (χ4n) is 1.93. The Balaban J connectivity index is 2.13. The van der Waals surface area contributed by atoms with Crippen LogP contribution in [0.4, 0.5) is 5.82 Å².